The van der Waals surface area contributed by atoms with Gasteiger partial charge in [0.1, 0.15) is 5.82 Å². The van der Waals surface area contributed by atoms with E-state index in [1.54, 1.807) is 0 Å². The topological polar surface area (TPSA) is 31.7 Å². The van der Waals surface area contributed by atoms with Crippen LogP contribution in [0.15, 0.2) is 39.8 Å². The lowest BCUT2D eigenvalue weighted by Gasteiger charge is -2.21. The number of rotatable bonds is 6. The van der Waals surface area contributed by atoms with E-state index in [1.165, 1.54) is 11.1 Å². The van der Waals surface area contributed by atoms with Crippen molar-refractivity contribution in [2.75, 3.05) is 25.5 Å². The van der Waals surface area contributed by atoms with Gasteiger partial charge in [-0.2, -0.15) is 0 Å². The summed E-state index contributed by atoms with van der Waals surface area (Å²) in [4.78, 5) is 13.5. The first-order valence-corrected chi connectivity index (χ1v) is 8.89. The lowest BCUT2D eigenvalue weighted by atomic mass is 10.1. The molecule has 24 heavy (non-hydrogen) atoms. The van der Waals surface area contributed by atoms with E-state index in [2.05, 4.69) is 71.0 Å². The Labute approximate surface area is 153 Å². The number of aliphatic imine (C=N–C) groups is 1. The zero-order valence-corrected chi connectivity index (χ0v) is 16.6. The first-order valence-electron chi connectivity index (χ1n) is 8.09. The highest BCUT2D eigenvalue weighted by atomic mass is 79.9. The molecule has 128 valence electrons. The molecule has 0 saturated carbocycles. The number of nitrogens with zero attached hydrogens (tertiary/aromatic N) is 4. The van der Waals surface area contributed by atoms with Crippen LogP contribution in [-0.2, 0) is 6.54 Å². The third-order valence-corrected chi connectivity index (χ3v) is 4.63. The minimum absolute atomic E-state index is 0.818. The molecule has 0 amide bonds. The second-order valence-electron chi connectivity index (χ2n) is 6.00. The van der Waals surface area contributed by atoms with Crippen LogP contribution in [0.2, 0.25) is 0 Å². The van der Waals surface area contributed by atoms with E-state index in [9.17, 15) is 0 Å². The van der Waals surface area contributed by atoms with E-state index < -0.39 is 0 Å². The van der Waals surface area contributed by atoms with Gasteiger partial charge in [0.15, 0.2) is 0 Å². The van der Waals surface area contributed by atoms with Crippen molar-refractivity contribution in [1.29, 1.82) is 0 Å². The summed E-state index contributed by atoms with van der Waals surface area (Å²) in [6.07, 6.45) is 1.84. The smallest absolute Gasteiger partial charge is 0.143 e. The van der Waals surface area contributed by atoms with E-state index in [-0.39, 0.29) is 0 Å². The van der Waals surface area contributed by atoms with Gasteiger partial charge in [0.2, 0.25) is 0 Å². The van der Waals surface area contributed by atoms with Crippen molar-refractivity contribution in [2.24, 2.45) is 4.99 Å². The fraction of sp³-hybridized carbons (Fsp3) is 0.368. The Kier molecular flexibility index (Phi) is 6.37. The van der Waals surface area contributed by atoms with E-state index in [4.69, 9.17) is 4.98 Å². The highest BCUT2D eigenvalue weighted by Crippen LogP contribution is 2.30. The first-order chi connectivity index (χ1) is 11.4. The van der Waals surface area contributed by atoms with Crippen LogP contribution in [0.5, 0.6) is 0 Å². The number of pyridine rings is 1. The third kappa shape index (κ3) is 4.57. The maximum absolute atomic E-state index is 4.75. The molecule has 2 aromatic rings. The number of aromatic nitrogens is 1. The van der Waals surface area contributed by atoms with Gasteiger partial charge in [0.25, 0.3) is 0 Å². The summed E-state index contributed by atoms with van der Waals surface area (Å²) in [6.45, 7) is 7.97. The molecule has 4 nitrogen and oxygen atoms in total. The van der Waals surface area contributed by atoms with Gasteiger partial charge in [-0.3, -0.25) is 0 Å². The van der Waals surface area contributed by atoms with E-state index in [1.807, 2.05) is 31.3 Å². The van der Waals surface area contributed by atoms with Crippen LogP contribution in [0.3, 0.4) is 0 Å². The zero-order valence-electron chi connectivity index (χ0n) is 15.0. The zero-order chi connectivity index (χ0) is 17.7. The van der Waals surface area contributed by atoms with Gasteiger partial charge in [-0.05, 0) is 53.9 Å². The molecule has 0 saturated heterocycles. The average Bonchev–Trinajstić information content (AvgIpc) is 2.56. The van der Waals surface area contributed by atoms with Crippen molar-refractivity contribution in [2.45, 2.75) is 27.3 Å². The summed E-state index contributed by atoms with van der Waals surface area (Å²) in [5, 5.41) is 0. The van der Waals surface area contributed by atoms with Gasteiger partial charge in [-0.1, -0.05) is 24.3 Å². The Balaban J connectivity index is 2.23. The van der Waals surface area contributed by atoms with Gasteiger partial charge in [-0.15, -0.1) is 0 Å². The normalized spacial score (nSPS) is 11.1. The van der Waals surface area contributed by atoms with E-state index in [0.29, 0.717) is 0 Å². The number of benzene rings is 1. The van der Waals surface area contributed by atoms with Crippen LogP contribution in [-0.4, -0.2) is 36.9 Å². The molecule has 1 aromatic carbocycles. The Bertz CT molecular complexity index is 727. The molecule has 0 bridgehead atoms. The quantitative estimate of drug-likeness (QED) is 0.530. The summed E-state index contributed by atoms with van der Waals surface area (Å²) >= 11 is 3.65. The van der Waals surface area contributed by atoms with Crippen LogP contribution >= 0.6 is 15.9 Å². The largest absolute Gasteiger partial charge is 0.366 e. The Morgan fingerprint density at radius 3 is 2.58 bits per heavy atom. The predicted octanol–water partition coefficient (Wildman–Crippen LogP) is 4.71. The summed E-state index contributed by atoms with van der Waals surface area (Å²) < 4.78 is 0.954. The van der Waals surface area contributed by atoms with E-state index in [0.717, 1.165) is 34.8 Å². The number of anilines is 1. The molecule has 5 heteroatoms. The molecule has 0 N–H and O–H groups in total. The SMILES string of the molecule is CCN(C)/C=N\c1cc(Br)c(N(C)Cc2ccccc2C)nc1C. The van der Waals surface area contributed by atoms with Crippen LogP contribution in [0.1, 0.15) is 23.7 Å². The van der Waals surface area contributed by atoms with E-state index >= 15 is 0 Å². The average molecular weight is 389 g/mol. The maximum Gasteiger partial charge on any atom is 0.143 e. The molecule has 0 atom stereocenters. The Morgan fingerprint density at radius 2 is 1.92 bits per heavy atom. The molecule has 0 fully saturated rings. The molecule has 0 radical (unpaired) electrons. The van der Waals surface area contributed by atoms with Crippen molar-refractivity contribution in [1.82, 2.24) is 9.88 Å². The van der Waals surface area contributed by atoms with Crippen LogP contribution < -0.4 is 4.90 Å². The highest BCUT2D eigenvalue weighted by Gasteiger charge is 2.12. The molecule has 0 unspecified atom stereocenters. The highest BCUT2D eigenvalue weighted by molar-refractivity contribution is 9.10. The predicted molar refractivity (Wildman–Crippen MR) is 106 cm³/mol. The van der Waals surface area contributed by atoms with Gasteiger partial charge in [0, 0.05) is 27.2 Å². The number of hydrogen-bond acceptors (Lipinski definition) is 3. The fourth-order valence-corrected chi connectivity index (χ4v) is 2.93. The standard InChI is InChI=1S/C19H25BrN4/c1-6-23(4)13-21-18-11-17(20)19(22-15(18)3)24(5)12-16-10-8-7-9-14(16)2/h7-11,13H,6,12H2,1-5H3/b21-13-. The lowest BCUT2D eigenvalue weighted by molar-refractivity contribution is 0.552. The maximum atomic E-state index is 4.75. The molecule has 2 rings (SSSR count). The van der Waals surface area contributed by atoms with Crippen LogP contribution in [0.25, 0.3) is 0 Å². The minimum atomic E-state index is 0.818. The number of halogens is 1. The summed E-state index contributed by atoms with van der Waals surface area (Å²) in [7, 11) is 4.07. The molecule has 1 heterocycles. The van der Waals surface area contributed by atoms with Crippen molar-refractivity contribution in [3.05, 3.63) is 51.6 Å². The Hall–Kier alpha value is -1.88. The van der Waals surface area contributed by atoms with Crippen LogP contribution in [0, 0.1) is 13.8 Å². The summed E-state index contributed by atoms with van der Waals surface area (Å²) in [6, 6.07) is 10.5. The molecule has 0 spiro atoms. The Morgan fingerprint density at radius 1 is 1.21 bits per heavy atom. The summed E-state index contributed by atoms with van der Waals surface area (Å²) in [5.74, 6) is 0.929. The second kappa shape index (κ2) is 8.29. The number of hydrogen-bond donors (Lipinski definition) is 0. The molecule has 1 aromatic heterocycles. The number of aryl methyl sites for hydroxylation is 2. The monoisotopic (exact) mass is 388 g/mol. The fourth-order valence-electron chi connectivity index (χ4n) is 2.32. The second-order valence-corrected chi connectivity index (χ2v) is 6.85. The van der Waals surface area contributed by atoms with Gasteiger partial charge in [0.05, 0.1) is 22.2 Å². The molecule has 0 aliphatic carbocycles. The summed E-state index contributed by atoms with van der Waals surface area (Å²) in [5.41, 5.74) is 4.40. The van der Waals surface area contributed by atoms with Crippen molar-refractivity contribution < 1.29 is 0 Å². The molecular formula is C19H25BrN4. The van der Waals surface area contributed by atoms with Gasteiger partial charge < -0.3 is 9.80 Å². The molecule has 0 aliphatic rings. The first kappa shape index (κ1) is 18.5. The van der Waals surface area contributed by atoms with Crippen LogP contribution in [0.4, 0.5) is 11.5 Å². The lowest BCUT2D eigenvalue weighted by Crippen LogP contribution is -2.19. The molecule has 0 aliphatic heterocycles. The van der Waals surface area contributed by atoms with Gasteiger partial charge >= 0.3 is 0 Å². The molecular weight excluding hydrogens is 364 g/mol. The van der Waals surface area contributed by atoms with Crippen molar-refractivity contribution in [3.63, 3.8) is 0 Å². The minimum Gasteiger partial charge on any atom is -0.366 e. The van der Waals surface area contributed by atoms with Crippen molar-refractivity contribution in [3.8, 4) is 0 Å². The van der Waals surface area contributed by atoms with Gasteiger partial charge in [-0.25, -0.2) is 9.98 Å². The third-order valence-electron chi connectivity index (χ3n) is 4.04. The van der Waals surface area contributed by atoms with Crippen molar-refractivity contribution >= 4 is 33.8 Å².